The van der Waals surface area contributed by atoms with E-state index < -0.39 is 24.0 Å². The quantitative estimate of drug-likeness (QED) is 0.259. The van der Waals surface area contributed by atoms with Crippen molar-refractivity contribution in [1.29, 1.82) is 0 Å². The molecule has 0 bridgehead atoms. The van der Waals surface area contributed by atoms with Crippen molar-refractivity contribution in [2.45, 2.75) is 33.5 Å². The van der Waals surface area contributed by atoms with E-state index in [0.29, 0.717) is 22.3 Å². The van der Waals surface area contributed by atoms with Gasteiger partial charge >= 0.3 is 0 Å². The van der Waals surface area contributed by atoms with Crippen molar-refractivity contribution in [3.05, 3.63) is 76.5 Å². The average molecular weight is 447 g/mol. The van der Waals surface area contributed by atoms with Crippen molar-refractivity contribution in [3.63, 3.8) is 0 Å². The number of aromatic nitrogens is 1. The van der Waals surface area contributed by atoms with Gasteiger partial charge in [0.25, 0.3) is 5.01 Å². The molecule has 32 heavy (non-hydrogen) atoms. The summed E-state index contributed by atoms with van der Waals surface area (Å²) >= 11 is 1.61. The first-order valence-corrected chi connectivity index (χ1v) is 11.5. The van der Waals surface area contributed by atoms with Gasteiger partial charge in [-0.3, -0.25) is 0 Å². The molecule has 0 saturated carbocycles. The van der Waals surface area contributed by atoms with Crippen molar-refractivity contribution < 1.29 is 18.9 Å². The van der Waals surface area contributed by atoms with Gasteiger partial charge < -0.3 is 4.42 Å². The van der Waals surface area contributed by atoms with E-state index >= 15 is 4.39 Å². The Morgan fingerprint density at radius 3 is 2.47 bits per heavy atom. The molecule has 0 unspecified atom stereocenters. The van der Waals surface area contributed by atoms with Crippen molar-refractivity contribution in [1.82, 2.24) is 0 Å². The Hall–Kier alpha value is -2.98. The van der Waals surface area contributed by atoms with Crippen LogP contribution in [0.25, 0.3) is 43.6 Å². The molecular weight excluding hydrogens is 417 g/mol. The summed E-state index contributed by atoms with van der Waals surface area (Å²) < 4.78 is 58.7. The SMILES string of the molecule is [2H]C1([2H])c2ccc(-c3c(F)ccc4c3oc3c(-c5scc[n+]5C)c(C)ccc34)cc2C([2H])([2H])C1(C)C. The summed E-state index contributed by atoms with van der Waals surface area (Å²) in [4.78, 5) is 0. The largest absolute Gasteiger partial charge is 0.454 e. The van der Waals surface area contributed by atoms with Gasteiger partial charge in [-0.15, -0.1) is 0 Å². The van der Waals surface area contributed by atoms with E-state index in [1.807, 2.05) is 42.2 Å². The maximum absolute atomic E-state index is 15.5. The van der Waals surface area contributed by atoms with Crippen LogP contribution in [0.5, 0.6) is 0 Å². The van der Waals surface area contributed by atoms with Crippen LogP contribution >= 0.6 is 11.3 Å². The summed E-state index contributed by atoms with van der Waals surface area (Å²) in [5, 5.41) is 4.71. The molecule has 4 heteroatoms. The summed E-state index contributed by atoms with van der Waals surface area (Å²) in [5.74, 6) is -0.470. The molecule has 0 atom stereocenters. The predicted molar refractivity (Wildman–Crippen MR) is 130 cm³/mol. The Balaban J connectivity index is 1.65. The lowest BCUT2D eigenvalue weighted by Crippen LogP contribution is -2.26. The highest BCUT2D eigenvalue weighted by molar-refractivity contribution is 7.12. The zero-order chi connectivity index (χ0) is 25.8. The first-order chi connectivity index (χ1) is 16.9. The molecule has 1 aliphatic rings. The molecule has 3 aromatic carbocycles. The van der Waals surface area contributed by atoms with Gasteiger partial charge in [-0.25, -0.2) is 4.39 Å². The Morgan fingerprint density at radius 2 is 1.72 bits per heavy atom. The van der Waals surface area contributed by atoms with Crippen molar-refractivity contribution in [2.24, 2.45) is 12.5 Å². The van der Waals surface area contributed by atoms with Crippen LogP contribution < -0.4 is 4.57 Å². The number of nitrogens with zero attached hydrogens (tertiary/aromatic N) is 1. The van der Waals surface area contributed by atoms with Gasteiger partial charge in [-0.1, -0.05) is 55.5 Å². The molecule has 0 amide bonds. The summed E-state index contributed by atoms with van der Waals surface area (Å²) in [6.45, 7) is 5.23. The number of hydrogen-bond donors (Lipinski definition) is 0. The number of furan rings is 1. The highest BCUT2D eigenvalue weighted by Crippen LogP contribution is 2.44. The number of hydrogen-bond acceptors (Lipinski definition) is 2. The minimum Gasteiger partial charge on any atom is -0.454 e. The zero-order valence-corrected chi connectivity index (χ0v) is 19.2. The lowest BCUT2D eigenvalue weighted by atomic mass is 9.90. The fourth-order valence-corrected chi connectivity index (χ4v) is 5.67. The number of rotatable bonds is 2. The highest BCUT2D eigenvalue weighted by Gasteiger charge is 2.29. The number of thiazole rings is 1. The highest BCUT2D eigenvalue weighted by atomic mass is 32.1. The molecule has 0 aliphatic heterocycles. The summed E-state index contributed by atoms with van der Waals surface area (Å²) in [6, 6.07) is 12.0. The molecule has 1 aliphatic carbocycles. The molecule has 6 rings (SSSR count). The van der Waals surface area contributed by atoms with Crippen LogP contribution in [0.2, 0.25) is 0 Å². The second kappa shape index (κ2) is 6.76. The normalized spacial score (nSPS) is 20.0. The molecule has 2 nitrogen and oxygen atoms in total. The van der Waals surface area contributed by atoms with Crippen LogP contribution in [-0.4, -0.2) is 0 Å². The standard InChI is InChI=1S/C28H25FNOS/c1-16-5-8-20-21-9-10-22(29)24(17-6-7-18-14-28(2,3)15-19(18)13-17)26(21)31-25(20)23(16)27-30(4)11-12-32-27/h5-13H,14-15H2,1-4H3/q+1/i14D2,15D2. The van der Waals surface area contributed by atoms with Gasteiger partial charge in [0.1, 0.15) is 24.0 Å². The van der Waals surface area contributed by atoms with E-state index in [9.17, 15) is 0 Å². The fraction of sp³-hybridized carbons (Fsp3) is 0.250. The predicted octanol–water partition coefficient (Wildman–Crippen LogP) is 7.38. The van der Waals surface area contributed by atoms with Crippen LogP contribution in [0, 0.1) is 18.2 Å². The molecule has 0 radical (unpaired) electrons. The van der Waals surface area contributed by atoms with E-state index in [1.165, 1.54) is 6.07 Å². The summed E-state index contributed by atoms with van der Waals surface area (Å²) in [6.07, 6.45) is -1.81. The Morgan fingerprint density at radius 1 is 1.00 bits per heavy atom. The second-order valence-electron chi connectivity index (χ2n) is 8.99. The van der Waals surface area contributed by atoms with Gasteiger partial charge in [0, 0.05) is 16.3 Å². The first kappa shape index (κ1) is 15.8. The Labute approximate surface area is 196 Å². The van der Waals surface area contributed by atoms with E-state index in [1.54, 1.807) is 49.4 Å². The van der Waals surface area contributed by atoms with Gasteiger partial charge in [0.2, 0.25) is 0 Å². The lowest BCUT2D eigenvalue weighted by Gasteiger charge is -2.14. The summed E-state index contributed by atoms with van der Waals surface area (Å²) in [7, 11) is 1.98. The first-order valence-electron chi connectivity index (χ1n) is 12.6. The maximum atomic E-state index is 15.5. The Kier molecular flexibility index (Phi) is 3.33. The van der Waals surface area contributed by atoms with Gasteiger partial charge in [-0.05, 0) is 59.5 Å². The molecule has 5 aromatic rings. The van der Waals surface area contributed by atoms with E-state index in [4.69, 9.17) is 9.90 Å². The van der Waals surface area contributed by atoms with Crippen LogP contribution in [-0.2, 0) is 19.8 Å². The van der Waals surface area contributed by atoms with E-state index in [0.717, 1.165) is 26.9 Å². The molecule has 0 fully saturated rings. The van der Waals surface area contributed by atoms with Crippen molar-refractivity contribution >= 4 is 33.3 Å². The summed E-state index contributed by atoms with van der Waals surface area (Å²) in [5.41, 5.74) is 3.10. The topological polar surface area (TPSA) is 17.0 Å². The Bertz CT molecular complexity index is 1720. The molecule has 0 spiro atoms. The number of fused-ring (bicyclic) bond motifs is 4. The molecule has 0 saturated heterocycles. The van der Waals surface area contributed by atoms with Crippen LogP contribution in [0.4, 0.5) is 4.39 Å². The molecule has 2 aromatic heterocycles. The molecule has 0 N–H and O–H groups in total. The van der Waals surface area contributed by atoms with E-state index in [2.05, 4.69) is 0 Å². The van der Waals surface area contributed by atoms with Crippen LogP contribution in [0.15, 0.2) is 58.5 Å². The monoisotopic (exact) mass is 446 g/mol. The number of benzene rings is 3. The third-order valence-corrected chi connectivity index (χ3v) is 7.14. The second-order valence-corrected chi connectivity index (χ2v) is 9.88. The number of aryl methyl sites for hydroxylation is 2. The van der Waals surface area contributed by atoms with Crippen LogP contribution in [0.3, 0.4) is 0 Å². The van der Waals surface area contributed by atoms with Crippen molar-refractivity contribution in [3.8, 4) is 21.7 Å². The minimum atomic E-state index is -1.93. The van der Waals surface area contributed by atoms with Crippen LogP contribution in [0.1, 0.15) is 36.0 Å². The minimum absolute atomic E-state index is 0.254. The molecular formula is C28H25FNOS+. The third-order valence-electron chi connectivity index (χ3n) is 6.17. The van der Waals surface area contributed by atoms with Crippen molar-refractivity contribution in [2.75, 3.05) is 0 Å². The van der Waals surface area contributed by atoms with Gasteiger partial charge in [-0.2, -0.15) is 4.57 Å². The fourth-order valence-electron chi connectivity index (χ4n) is 4.70. The van der Waals surface area contributed by atoms with Gasteiger partial charge in [0.05, 0.1) is 10.9 Å². The maximum Gasteiger partial charge on any atom is 0.272 e. The molecule has 160 valence electrons. The number of halogens is 1. The molecule has 2 heterocycles. The van der Waals surface area contributed by atoms with E-state index in [-0.39, 0.29) is 11.1 Å². The van der Waals surface area contributed by atoms with Gasteiger partial charge in [0.15, 0.2) is 11.8 Å². The zero-order valence-electron chi connectivity index (χ0n) is 22.3. The third kappa shape index (κ3) is 2.86. The smallest absolute Gasteiger partial charge is 0.272 e. The average Bonchev–Trinajstić information content (AvgIpc) is 3.43. The lowest BCUT2D eigenvalue weighted by molar-refractivity contribution is -0.655.